The number of hydrogen-bond acceptors (Lipinski definition) is 3. The zero-order chi connectivity index (χ0) is 13.2. The molecule has 3 rings (SSSR count). The smallest absolute Gasteiger partial charge is 0.343 e. The van der Waals surface area contributed by atoms with E-state index < -0.39 is 0 Å². The van der Waals surface area contributed by atoms with Gasteiger partial charge in [0.05, 0.1) is 11.8 Å². The van der Waals surface area contributed by atoms with Crippen LogP contribution in [0.2, 0.25) is 0 Å². The van der Waals surface area contributed by atoms with Gasteiger partial charge < -0.3 is 9.15 Å². The molecular formula is C16H12O3. The first-order chi connectivity index (χ1) is 9.22. The van der Waals surface area contributed by atoms with Crippen molar-refractivity contribution in [1.29, 1.82) is 0 Å². The molecule has 0 radical (unpaired) electrons. The first-order valence-electron chi connectivity index (χ1n) is 5.98. The number of ether oxygens (including phenoxy) is 1. The summed E-state index contributed by atoms with van der Waals surface area (Å²) < 4.78 is 10.4. The molecule has 2 heterocycles. The maximum Gasteiger partial charge on any atom is 0.343 e. The Morgan fingerprint density at radius 2 is 1.89 bits per heavy atom. The van der Waals surface area contributed by atoms with Crippen LogP contribution < -0.4 is 0 Å². The number of hydrogen-bond donors (Lipinski definition) is 0. The van der Waals surface area contributed by atoms with E-state index in [1.54, 1.807) is 30.5 Å². The molecule has 94 valence electrons. The van der Waals surface area contributed by atoms with Gasteiger partial charge in [0.25, 0.3) is 0 Å². The molecule has 0 saturated carbocycles. The molecule has 0 N–H and O–H groups in total. The van der Waals surface area contributed by atoms with E-state index in [-0.39, 0.29) is 5.97 Å². The van der Waals surface area contributed by atoms with Crippen LogP contribution in [0.4, 0.5) is 0 Å². The zero-order valence-corrected chi connectivity index (χ0v) is 10.4. The molecule has 19 heavy (non-hydrogen) atoms. The zero-order valence-electron chi connectivity index (χ0n) is 10.4. The molecule has 0 fully saturated rings. The number of carbonyl (C=O) groups excluding carboxylic acids is 1. The number of carbonyl (C=O) groups is 1. The summed E-state index contributed by atoms with van der Waals surface area (Å²) in [6.45, 7) is 2.01. The number of rotatable bonds is 2. The van der Waals surface area contributed by atoms with Crippen LogP contribution in [0, 0.1) is 6.92 Å². The van der Waals surface area contributed by atoms with Gasteiger partial charge in [-0.15, -0.1) is 0 Å². The fourth-order valence-electron chi connectivity index (χ4n) is 1.88. The Morgan fingerprint density at radius 3 is 2.58 bits per heavy atom. The molecule has 1 aliphatic rings. The van der Waals surface area contributed by atoms with Crippen molar-refractivity contribution in [3.63, 3.8) is 0 Å². The maximum absolute atomic E-state index is 11.8. The topological polar surface area (TPSA) is 39.4 Å². The molecule has 3 heteroatoms. The summed E-state index contributed by atoms with van der Waals surface area (Å²) in [4.78, 5) is 11.8. The first-order valence-corrected chi connectivity index (χ1v) is 5.98. The Hall–Kier alpha value is -2.55. The van der Waals surface area contributed by atoms with Crippen LogP contribution in [0.3, 0.4) is 0 Å². The highest BCUT2D eigenvalue weighted by molar-refractivity contribution is 6.04. The number of benzene rings is 1. The molecule has 0 saturated heterocycles. The monoisotopic (exact) mass is 252 g/mol. The fraction of sp³-hybridized carbons (Fsp3) is 0.0625. The van der Waals surface area contributed by atoms with Crippen LogP contribution in [0.15, 0.2) is 58.7 Å². The van der Waals surface area contributed by atoms with Gasteiger partial charge >= 0.3 is 5.97 Å². The maximum atomic E-state index is 11.8. The Kier molecular flexibility index (Phi) is 2.80. The molecule has 0 amide bonds. The standard InChI is InChI=1S/C16H12O3/c1-11-4-6-12(7-5-11)15-10-13(16(17)19-15)9-14-3-2-8-18-14/h2-10H,1H3/b13-9-. The second-order valence-electron chi connectivity index (χ2n) is 4.38. The van der Waals surface area contributed by atoms with Crippen LogP contribution in [0.5, 0.6) is 0 Å². The van der Waals surface area contributed by atoms with Crippen molar-refractivity contribution >= 4 is 17.8 Å². The molecule has 1 aliphatic heterocycles. The van der Waals surface area contributed by atoms with E-state index in [4.69, 9.17) is 9.15 Å². The van der Waals surface area contributed by atoms with E-state index in [2.05, 4.69) is 0 Å². The third-order valence-electron chi connectivity index (χ3n) is 2.90. The molecular weight excluding hydrogens is 240 g/mol. The van der Waals surface area contributed by atoms with Crippen LogP contribution in [-0.4, -0.2) is 5.97 Å². The Morgan fingerprint density at radius 1 is 1.11 bits per heavy atom. The van der Waals surface area contributed by atoms with Crippen molar-refractivity contribution in [3.8, 4) is 0 Å². The highest BCUT2D eigenvalue weighted by Gasteiger charge is 2.22. The summed E-state index contributed by atoms with van der Waals surface area (Å²) in [5.41, 5.74) is 2.55. The summed E-state index contributed by atoms with van der Waals surface area (Å²) in [6.07, 6.45) is 4.97. The van der Waals surface area contributed by atoms with Gasteiger partial charge in [0.15, 0.2) is 0 Å². The van der Waals surface area contributed by atoms with Gasteiger partial charge in [-0.3, -0.25) is 0 Å². The first kappa shape index (κ1) is 11.5. The van der Waals surface area contributed by atoms with Crippen molar-refractivity contribution in [1.82, 2.24) is 0 Å². The summed E-state index contributed by atoms with van der Waals surface area (Å²) in [5.74, 6) is 0.850. The van der Waals surface area contributed by atoms with Crippen LogP contribution in [0.1, 0.15) is 16.9 Å². The van der Waals surface area contributed by atoms with Gasteiger partial charge in [-0.25, -0.2) is 4.79 Å². The minimum atomic E-state index is -0.355. The molecule has 1 aromatic carbocycles. The Labute approximate surface area is 110 Å². The lowest BCUT2D eigenvalue weighted by molar-refractivity contribution is -0.130. The van der Waals surface area contributed by atoms with E-state index in [0.29, 0.717) is 17.1 Å². The normalized spacial score (nSPS) is 16.6. The minimum Gasteiger partial charge on any atom is -0.465 e. The summed E-state index contributed by atoms with van der Waals surface area (Å²) >= 11 is 0. The van der Waals surface area contributed by atoms with Gasteiger partial charge in [-0.2, -0.15) is 0 Å². The van der Waals surface area contributed by atoms with Gasteiger partial charge in [0, 0.05) is 5.56 Å². The van der Waals surface area contributed by atoms with Crippen LogP contribution >= 0.6 is 0 Å². The number of aryl methyl sites for hydroxylation is 1. The third kappa shape index (κ3) is 2.36. The highest BCUT2D eigenvalue weighted by atomic mass is 16.5. The van der Waals surface area contributed by atoms with E-state index in [9.17, 15) is 4.79 Å². The van der Waals surface area contributed by atoms with Crippen molar-refractivity contribution in [2.75, 3.05) is 0 Å². The number of furan rings is 1. The van der Waals surface area contributed by atoms with Gasteiger partial charge in [0.1, 0.15) is 11.5 Å². The molecule has 2 aromatic rings. The minimum absolute atomic E-state index is 0.355. The highest BCUT2D eigenvalue weighted by Crippen LogP contribution is 2.27. The van der Waals surface area contributed by atoms with Crippen molar-refractivity contribution in [2.24, 2.45) is 0 Å². The average Bonchev–Trinajstić information content (AvgIpc) is 3.02. The molecule has 0 bridgehead atoms. The molecule has 3 nitrogen and oxygen atoms in total. The SMILES string of the molecule is Cc1ccc(C2=C/C(=C/c3ccco3)C(=O)O2)cc1. The summed E-state index contributed by atoms with van der Waals surface area (Å²) in [5, 5.41) is 0. The predicted molar refractivity (Wildman–Crippen MR) is 71.9 cm³/mol. The van der Waals surface area contributed by atoms with Crippen LogP contribution in [0.25, 0.3) is 11.8 Å². The van der Waals surface area contributed by atoms with E-state index >= 15 is 0 Å². The van der Waals surface area contributed by atoms with Crippen molar-refractivity contribution in [2.45, 2.75) is 6.92 Å². The predicted octanol–water partition coefficient (Wildman–Crippen LogP) is 3.57. The second-order valence-corrected chi connectivity index (χ2v) is 4.38. The Bertz CT molecular complexity index is 659. The van der Waals surface area contributed by atoms with Gasteiger partial charge in [0.2, 0.25) is 0 Å². The fourth-order valence-corrected chi connectivity index (χ4v) is 1.88. The number of esters is 1. The van der Waals surface area contributed by atoms with E-state index in [1.807, 2.05) is 31.2 Å². The van der Waals surface area contributed by atoms with Gasteiger partial charge in [-0.1, -0.05) is 29.8 Å². The van der Waals surface area contributed by atoms with Gasteiger partial charge in [-0.05, 0) is 31.2 Å². The lowest BCUT2D eigenvalue weighted by atomic mass is 10.1. The largest absolute Gasteiger partial charge is 0.465 e. The molecule has 0 atom stereocenters. The molecule has 0 spiro atoms. The van der Waals surface area contributed by atoms with Crippen molar-refractivity contribution in [3.05, 3.63) is 71.2 Å². The second kappa shape index (κ2) is 4.61. The van der Waals surface area contributed by atoms with Crippen molar-refractivity contribution < 1.29 is 13.9 Å². The average molecular weight is 252 g/mol. The summed E-state index contributed by atoms with van der Waals surface area (Å²) in [7, 11) is 0. The van der Waals surface area contributed by atoms with E-state index in [0.717, 1.165) is 5.56 Å². The molecule has 0 aliphatic carbocycles. The number of cyclic esters (lactones) is 1. The quantitative estimate of drug-likeness (QED) is 0.606. The van der Waals surface area contributed by atoms with E-state index in [1.165, 1.54) is 5.56 Å². The summed E-state index contributed by atoms with van der Waals surface area (Å²) in [6, 6.07) is 11.4. The lowest BCUT2D eigenvalue weighted by Crippen LogP contribution is -1.96. The Balaban J connectivity index is 1.93. The molecule has 1 aromatic heterocycles. The van der Waals surface area contributed by atoms with Crippen LogP contribution in [-0.2, 0) is 9.53 Å². The third-order valence-corrected chi connectivity index (χ3v) is 2.90. The lowest BCUT2D eigenvalue weighted by Gasteiger charge is -2.01. The molecule has 0 unspecified atom stereocenters.